The van der Waals surface area contributed by atoms with Crippen molar-refractivity contribution < 1.29 is 9.90 Å². The van der Waals surface area contributed by atoms with Crippen LogP contribution >= 0.6 is 0 Å². The maximum absolute atomic E-state index is 11.8. The maximum atomic E-state index is 11.8. The highest BCUT2D eigenvalue weighted by atomic mass is 16.4. The van der Waals surface area contributed by atoms with Crippen LogP contribution in [-0.2, 0) is 11.2 Å². The van der Waals surface area contributed by atoms with E-state index in [-0.39, 0.29) is 6.04 Å². The van der Waals surface area contributed by atoms with Crippen LogP contribution in [0.5, 0.6) is 0 Å². The highest BCUT2D eigenvalue weighted by Crippen LogP contribution is 2.43. The number of nitrogens with zero attached hydrogens (tertiary/aromatic N) is 1. The Bertz CT molecular complexity index is 532. The number of carboxylic acids is 1. The number of carbonyl (C=O) groups is 1. The Labute approximate surface area is 127 Å². The van der Waals surface area contributed by atoms with Crippen molar-refractivity contribution in [2.75, 3.05) is 4.90 Å². The molecule has 0 radical (unpaired) electrons. The molecule has 21 heavy (non-hydrogen) atoms. The van der Waals surface area contributed by atoms with Crippen LogP contribution in [0.4, 0.5) is 5.69 Å². The zero-order valence-electron chi connectivity index (χ0n) is 13.0. The van der Waals surface area contributed by atoms with E-state index in [2.05, 4.69) is 29.2 Å². The second kappa shape index (κ2) is 5.36. The fraction of sp³-hybridized carbons (Fsp3) is 0.611. The predicted octanol–water partition coefficient (Wildman–Crippen LogP) is 3.86. The number of para-hydroxylation sites is 1. The largest absolute Gasteiger partial charge is 0.481 e. The molecule has 1 N–H and O–H groups in total. The highest BCUT2D eigenvalue weighted by molar-refractivity contribution is 5.77. The molecule has 2 aliphatic rings. The fourth-order valence-electron chi connectivity index (χ4n) is 3.97. The highest BCUT2D eigenvalue weighted by Gasteiger charge is 2.46. The number of aliphatic carboxylic acids is 1. The quantitative estimate of drug-likeness (QED) is 0.917. The molecule has 1 heterocycles. The van der Waals surface area contributed by atoms with Crippen molar-refractivity contribution in [3.63, 3.8) is 0 Å². The molecule has 114 valence electrons. The lowest BCUT2D eigenvalue weighted by Gasteiger charge is -2.43. The molecule has 1 aliphatic carbocycles. The topological polar surface area (TPSA) is 40.5 Å². The van der Waals surface area contributed by atoms with Crippen molar-refractivity contribution in [2.45, 2.75) is 64.5 Å². The summed E-state index contributed by atoms with van der Waals surface area (Å²) in [6.45, 7) is 3.75. The van der Waals surface area contributed by atoms with Gasteiger partial charge in [-0.2, -0.15) is 0 Å². The number of benzene rings is 1. The van der Waals surface area contributed by atoms with Crippen molar-refractivity contribution >= 4 is 11.7 Å². The fourth-order valence-corrected chi connectivity index (χ4v) is 3.97. The van der Waals surface area contributed by atoms with Crippen LogP contribution in [0.2, 0.25) is 0 Å². The molecule has 3 rings (SSSR count). The molecule has 1 atom stereocenters. The Hall–Kier alpha value is -1.51. The molecule has 1 aliphatic heterocycles. The van der Waals surface area contributed by atoms with Crippen LogP contribution in [-0.4, -0.2) is 23.2 Å². The van der Waals surface area contributed by atoms with Crippen molar-refractivity contribution in [1.82, 2.24) is 0 Å². The second-order valence-corrected chi connectivity index (χ2v) is 7.07. The van der Waals surface area contributed by atoms with Crippen LogP contribution < -0.4 is 4.90 Å². The first-order valence-corrected chi connectivity index (χ1v) is 8.11. The molecule has 0 bridgehead atoms. The molecular formula is C18H25NO2. The van der Waals surface area contributed by atoms with Gasteiger partial charge in [0.1, 0.15) is 0 Å². The van der Waals surface area contributed by atoms with Crippen LogP contribution in [0.25, 0.3) is 0 Å². The summed E-state index contributed by atoms with van der Waals surface area (Å²) < 4.78 is 0. The molecule has 0 amide bonds. The van der Waals surface area contributed by atoms with E-state index >= 15 is 0 Å². The average molecular weight is 287 g/mol. The summed E-state index contributed by atoms with van der Waals surface area (Å²) in [6.07, 6.45) is 7.10. The SMILES string of the molecule is CC(C)(C(=O)O)C1Cc2ccccc2N1C1CCCCC1. The van der Waals surface area contributed by atoms with Crippen molar-refractivity contribution in [2.24, 2.45) is 5.41 Å². The van der Waals surface area contributed by atoms with Crippen LogP contribution in [0.1, 0.15) is 51.5 Å². The molecule has 0 aromatic heterocycles. The lowest BCUT2D eigenvalue weighted by molar-refractivity contribution is -0.148. The summed E-state index contributed by atoms with van der Waals surface area (Å²) in [7, 11) is 0. The van der Waals surface area contributed by atoms with Gasteiger partial charge in [0.15, 0.2) is 0 Å². The van der Waals surface area contributed by atoms with E-state index < -0.39 is 11.4 Å². The summed E-state index contributed by atoms with van der Waals surface area (Å²) in [5, 5.41) is 9.67. The Morgan fingerprint density at radius 1 is 1.19 bits per heavy atom. The normalized spacial score (nSPS) is 23.1. The standard InChI is InChI=1S/C18H25NO2/c1-18(2,17(20)21)16-12-13-8-6-7-11-15(13)19(16)14-9-4-3-5-10-14/h6-8,11,14,16H,3-5,9-10,12H2,1-2H3,(H,20,21). The molecule has 3 heteroatoms. The van der Waals surface area contributed by atoms with Gasteiger partial charge in [0.25, 0.3) is 0 Å². The van der Waals surface area contributed by atoms with E-state index in [1.54, 1.807) is 0 Å². The van der Waals surface area contributed by atoms with Gasteiger partial charge in [0, 0.05) is 17.8 Å². The second-order valence-electron chi connectivity index (χ2n) is 7.07. The Balaban J connectivity index is 1.98. The van der Waals surface area contributed by atoms with Gasteiger partial charge in [-0.05, 0) is 44.7 Å². The molecule has 1 aromatic rings. The summed E-state index contributed by atoms with van der Waals surface area (Å²) >= 11 is 0. The van der Waals surface area contributed by atoms with Gasteiger partial charge < -0.3 is 10.0 Å². The molecule has 0 saturated heterocycles. The van der Waals surface area contributed by atoms with E-state index in [9.17, 15) is 9.90 Å². The first kappa shape index (κ1) is 14.4. The molecule has 0 spiro atoms. The molecular weight excluding hydrogens is 262 g/mol. The third kappa shape index (κ3) is 2.43. The molecule has 1 aromatic carbocycles. The first-order chi connectivity index (χ1) is 10.0. The van der Waals surface area contributed by atoms with Gasteiger partial charge in [-0.3, -0.25) is 4.79 Å². The zero-order valence-corrected chi connectivity index (χ0v) is 13.0. The van der Waals surface area contributed by atoms with E-state index in [1.807, 2.05) is 13.8 Å². The van der Waals surface area contributed by atoms with Crippen LogP contribution in [0.15, 0.2) is 24.3 Å². The van der Waals surface area contributed by atoms with Gasteiger partial charge in [-0.15, -0.1) is 0 Å². The van der Waals surface area contributed by atoms with Gasteiger partial charge in [-0.1, -0.05) is 37.5 Å². The molecule has 1 fully saturated rings. The van der Waals surface area contributed by atoms with Gasteiger partial charge >= 0.3 is 5.97 Å². The molecule has 3 nitrogen and oxygen atoms in total. The number of fused-ring (bicyclic) bond motifs is 1. The minimum absolute atomic E-state index is 0.0653. The average Bonchev–Trinajstić information content (AvgIpc) is 2.88. The Kier molecular flexibility index (Phi) is 3.68. The number of hydrogen-bond donors (Lipinski definition) is 1. The maximum Gasteiger partial charge on any atom is 0.311 e. The monoisotopic (exact) mass is 287 g/mol. The van der Waals surface area contributed by atoms with Crippen molar-refractivity contribution in [3.05, 3.63) is 29.8 Å². The third-order valence-electron chi connectivity index (χ3n) is 5.37. The van der Waals surface area contributed by atoms with Crippen LogP contribution in [0.3, 0.4) is 0 Å². The van der Waals surface area contributed by atoms with Crippen molar-refractivity contribution in [3.8, 4) is 0 Å². The lowest BCUT2D eigenvalue weighted by atomic mass is 9.81. The number of anilines is 1. The van der Waals surface area contributed by atoms with E-state index in [0.29, 0.717) is 6.04 Å². The number of hydrogen-bond acceptors (Lipinski definition) is 2. The number of carboxylic acid groups (broad SMARTS) is 1. The summed E-state index contributed by atoms with van der Waals surface area (Å²) in [4.78, 5) is 14.2. The summed E-state index contributed by atoms with van der Waals surface area (Å²) in [5.74, 6) is -0.693. The minimum atomic E-state index is -0.726. The van der Waals surface area contributed by atoms with Gasteiger partial charge in [0.05, 0.1) is 5.41 Å². The Morgan fingerprint density at radius 2 is 1.86 bits per heavy atom. The molecule has 1 saturated carbocycles. The summed E-state index contributed by atoms with van der Waals surface area (Å²) in [6, 6.07) is 9.03. The predicted molar refractivity (Wildman–Crippen MR) is 84.7 cm³/mol. The minimum Gasteiger partial charge on any atom is -0.481 e. The number of rotatable bonds is 3. The zero-order chi connectivity index (χ0) is 15.0. The Morgan fingerprint density at radius 3 is 2.52 bits per heavy atom. The van der Waals surface area contributed by atoms with Gasteiger partial charge in [0.2, 0.25) is 0 Å². The summed E-state index contributed by atoms with van der Waals surface area (Å²) in [5.41, 5.74) is 1.85. The van der Waals surface area contributed by atoms with E-state index in [4.69, 9.17) is 0 Å². The first-order valence-electron chi connectivity index (χ1n) is 8.11. The van der Waals surface area contributed by atoms with E-state index in [1.165, 1.54) is 43.4 Å². The van der Waals surface area contributed by atoms with Crippen LogP contribution in [0, 0.1) is 5.41 Å². The van der Waals surface area contributed by atoms with Crippen molar-refractivity contribution in [1.29, 1.82) is 0 Å². The molecule has 1 unspecified atom stereocenters. The van der Waals surface area contributed by atoms with E-state index in [0.717, 1.165) is 6.42 Å². The third-order valence-corrected chi connectivity index (χ3v) is 5.37. The van der Waals surface area contributed by atoms with Gasteiger partial charge in [-0.25, -0.2) is 0 Å². The smallest absolute Gasteiger partial charge is 0.311 e. The lowest BCUT2D eigenvalue weighted by Crippen LogP contribution is -2.52.